The maximum Gasteiger partial charge on any atom is 0.490 e. The molecule has 0 bridgehead atoms. The number of hydrogen-bond acceptors (Lipinski definition) is 5. The van der Waals surface area contributed by atoms with Gasteiger partial charge in [-0.25, -0.2) is 4.79 Å². The van der Waals surface area contributed by atoms with Crippen LogP contribution in [0.25, 0.3) is 0 Å². The van der Waals surface area contributed by atoms with Crippen molar-refractivity contribution in [3.8, 4) is 0 Å². The highest BCUT2D eigenvalue weighted by atomic mass is 19.4. The number of esters is 1. The van der Waals surface area contributed by atoms with Crippen molar-refractivity contribution in [3.05, 3.63) is 10.1 Å². The Morgan fingerprint density at radius 1 is 1.37 bits per heavy atom. The summed E-state index contributed by atoms with van der Waals surface area (Å²) < 4.78 is 39.3. The van der Waals surface area contributed by atoms with Crippen molar-refractivity contribution in [2.24, 2.45) is 11.8 Å². The molecule has 0 aromatic rings. The van der Waals surface area contributed by atoms with Gasteiger partial charge in [-0.2, -0.15) is 13.2 Å². The molecule has 3 atom stereocenters. The molecule has 0 N–H and O–H groups in total. The van der Waals surface area contributed by atoms with Crippen LogP contribution in [0, 0.1) is 22.0 Å². The first-order valence-corrected chi connectivity index (χ1v) is 5.53. The Labute approximate surface area is 106 Å². The first-order valence-electron chi connectivity index (χ1n) is 5.53. The van der Waals surface area contributed by atoms with E-state index in [1.807, 2.05) is 0 Å². The number of ether oxygens (including phenoxy) is 1. The van der Waals surface area contributed by atoms with Gasteiger partial charge in [0.25, 0.3) is 0 Å². The molecule has 19 heavy (non-hydrogen) atoms. The molecule has 0 aromatic heterocycles. The molecule has 0 saturated heterocycles. The average molecular weight is 283 g/mol. The van der Waals surface area contributed by atoms with Gasteiger partial charge in [-0.05, 0) is 6.42 Å². The van der Waals surface area contributed by atoms with E-state index < -0.39 is 41.4 Å². The monoisotopic (exact) mass is 283 g/mol. The molecule has 1 aliphatic rings. The molecule has 6 nitrogen and oxygen atoms in total. The Hall–Kier alpha value is -1.67. The molecular formula is C10H12F3NO5. The number of carbonyl (C=O) groups excluding carboxylic acids is 2. The third-order valence-electron chi connectivity index (χ3n) is 3.14. The fraction of sp³-hybridized carbons (Fsp3) is 0.800. The van der Waals surface area contributed by atoms with Crippen LogP contribution >= 0.6 is 0 Å². The Morgan fingerprint density at radius 2 is 1.95 bits per heavy atom. The minimum Gasteiger partial charge on any atom is -0.451 e. The van der Waals surface area contributed by atoms with Crippen molar-refractivity contribution in [2.75, 3.05) is 6.61 Å². The lowest BCUT2D eigenvalue weighted by Gasteiger charge is -2.09. The third kappa shape index (κ3) is 3.90. The van der Waals surface area contributed by atoms with E-state index >= 15 is 0 Å². The lowest BCUT2D eigenvalue weighted by molar-refractivity contribution is -0.528. The molecule has 1 fully saturated rings. The van der Waals surface area contributed by atoms with Gasteiger partial charge in [-0.15, -0.1) is 0 Å². The molecule has 1 aliphatic carbocycles. The second kappa shape index (κ2) is 5.54. The number of ketones is 1. The molecule has 3 unspecified atom stereocenters. The van der Waals surface area contributed by atoms with Crippen LogP contribution in [0.1, 0.15) is 19.8 Å². The van der Waals surface area contributed by atoms with Crippen molar-refractivity contribution >= 4 is 11.8 Å². The zero-order valence-electron chi connectivity index (χ0n) is 9.98. The minimum atomic E-state index is -5.15. The zero-order valence-corrected chi connectivity index (χ0v) is 9.98. The molecule has 0 aromatic carbocycles. The minimum absolute atomic E-state index is 0.0312. The average Bonchev–Trinajstić information content (AvgIpc) is 2.66. The Balaban J connectivity index is 2.48. The summed E-state index contributed by atoms with van der Waals surface area (Å²) in [5, 5.41) is 10.6. The summed E-state index contributed by atoms with van der Waals surface area (Å²) in [6, 6.07) is -0.882. The number of nitrogens with zero attached hydrogens (tertiary/aromatic N) is 1. The van der Waals surface area contributed by atoms with E-state index in [9.17, 15) is 32.9 Å². The highest BCUT2D eigenvalue weighted by Gasteiger charge is 2.44. The van der Waals surface area contributed by atoms with E-state index in [-0.39, 0.29) is 18.8 Å². The van der Waals surface area contributed by atoms with Crippen LogP contribution in [-0.2, 0) is 14.3 Å². The topological polar surface area (TPSA) is 86.5 Å². The molecule has 0 heterocycles. The maximum absolute atomic E-state index is 11.8. The van der Waals surface area contributed by atoms with E-state index in [2.05, 4.69) is 4.74 Å². The SMILES string of the molecule is CC1CC(C(=O)COC(=O)C(F)(F)F)CC1[N+](=O)[O-]. The number of halogens is 3. The highest BCUT2D eigenvalue weighted by molar-refractivity contribution is 5.85. The molecule has 1 rings (SSSR count). The molecule has 0 aliphatic heterocycles. The molecule has 0 spiro atoms. The summed E-state index contributed by atoms with van der Waals surface area (Å²) in [6.45, 7) is 0.600. The fourth-order valence-corrected chi connectivity index (χ4v) is 2.12. The van der Waals surface area contributed by atoms with Crippen LogP contribution in [-0.4, -0.2) is 35.5 Å². The first-order chi connectivity index (χ1) is 8.62. The largest absolute Gasteiger partial charge is 0.490 e. The van der Waals surface area contributed by atoms with E-state index in [4.69, 9.17) is 0 Å². The summed E-state index contributed by atoms with van der Waals surface area (Å²) in [4.78, 5) is 32.1. The van der Waals surface area contributed by atoms with Gasteiger partial charge in [0.1, 0.15) is 0 Å². The van der Waals surface area contributed by atoms with E-state index in [1.54, 1.807) is 6.92 Å². The smallest absolute Gasteiger partial charge is 0.451 e. The van der Waals surface area contributed by atoms with Gasteiger partial charge >= 0.3 is 12.1 Å². The van der Waals surface area contributed by atoms with Crippen molar-refractivity contribution in [1.29, 1.82) is 0 Å². The number of rotatable bonds is 4. The Kier molecular flexibility index (Phi) is 4.48. The second-order valence-corrected chi connectivity index (χ2v) is 4.54. The summed E-state index contributed by atoms with van der Waals surface area (Å²) in [7, 11) is 0. The van der Waals surface area contributed by atoms with Gasteiger partial charge in [0.15, 0.2) is 12.4 Å². The van der Waals surface area contributed by atoms with Gasteiger partial charge in [0.05, 0.1) is 0 Å². The van der Waals surface area contributed by atoms with E-state index in [0.29, 0.717) is 0 Å². The summed E-state index contributed by atoms with van der Waals surface area (Å²) in [5.41, 5.74) is 0. The van der Waals surface area contributed by atoms with Crippen LogP contribution in [0.4, 0.5) is 13.2 Å². The van der Waals surface area contributed by atoms with Crippen LogP contribution in [0.3, 0.4) is 0 Å². The zero-order chi connectivity index (χ0) is 14.8. The van der Waals surface area contributed by atoms with E-state index in [1.165, 1.54) is 0 Å². The molecule has 1 saturated carbocycles. The van der Waals surface area contributed by atoms with Crippen LogP contribution in [0.5, 0.6) is 0 Å². The Morgan fingerprint density at radius 3 is 2.37 bits per heavy atom. The Bertz CT molecular complexity index is 395. The molecule has 0 radical (unpaired) electrons. The quantitative estimate of drug-likeness (QED) is 0.441. The summed E-state index contributed by atoms with van der Waals surface area (Å²) in [6.07, 6.45) is -4.96. The van der Waals surface area contributed by atoms with Gasteiger partial charge < -0.3 is 4.74 Å². The lowest BCUT2D eigenvalue weighted by Crippen LogP contribution is -2.29. The summed E-state index contributed by atoms with van der Waals surface area (Å²) in [5.74, 6) is -4.21. The third-order valence-corrected chi connectivity index (χ3v) is 3.14. The van der Waals surface area contributed by atoms with Gasteiger partial charge in [0.2, 0.25) is 6.04 Å². The molecule has 0 amide bonds. The van der Waals surface area contributed by atoms with Crippen molar-refractivity contribution in [1.82, 2.24) is 0 Å². The molecule has 108 valence electrons. The normalized spacial score (nSPS) is 27.1. The number of carbonyl (C=O) groups is 2. The van der Waals surface area contributed by atoms with Crippen LogP contribution < -0.4 is 0 Å². The van der Waals surface area contributed by atoms with Gasteiger partial charge in [0, 0.05) is 23.2 Å². The summed E-state index contributed by atoms with van der Waals surface area (Å²) >= 11 is 0. The lowest BCUT2D eigenvalue weighted by atomic mass is 10.0. The number of alkyl halides is 3. The predicted molar refractivity (Wildman–Crippen MR) is 54.7 cm³/mol. The van der Waals surface area contributed by atoms with Gasteiger partial charge in [-0.3, -0.25) is 14.9 Å². The predicted octanol–water partition coefficient (Wildman–Crippen LogP) is 1.35. The number of hydrogen-bond donors (Lipinski definition) is 0. The fourth-order valence-electron chi connectivity index (χ4n) is 2.12. The van der Waals surface area contributed by atoms with Crippen LogP contribution in [0.2, 0.25) is 0 Å². The van der Waals surface area contributed by atoms with E-state index in [0.717, 1.165) is 0 Å². The van der Waals surface area contributed by atoms with Crippen LogP contribution in [0.15, 0.2) is 0 Å². The number of Topliss-reactive ketones (excluding diaryl/α,β-unsaturated/α-hetero) is 1. The van der Waals surface area contributed by atoms with Crippen molar-refractivity contribution in [3.63, 3.8) is 0 Å². The molecular weight excluding hydrogens is 271 g/mol. The first kappa shape index (κ1) is 15.4. The van der Waals surface area contributed by atoms with Crippen molar-refractivity contribution in [2.45, 2.75) is 32.0 Å². The molecule has 9 heteroatoms. The second-order valence-electron chi connectivity index (χ2n) is 4.54. The number of nitro groups is 1. The maximum atomic E-state index is 11.8. The van der Waals surface area contributed by atoms with Crippen molar-refractivity contribution < 1.29 is 32.4 Å². The standard InChI is InChI=1S/C10H12F3NO5/c1-5-2-6(3-7(5)14(17)18)8(15)4-19-9(16)10(11,12)13/h5-7H,2-4H2,1H3. The van der Waals surface area contributed by atoms with Gasteiger partial charge in [-0.1, -0.05) is 6.92 Å². The highest BCUT2D eigenvalue weighted by Crippen LogP contribution is 2.33.